The SMILES string of the molecule is C=CCn1c(C)cc(C(=O)/C(C#N)=C/c2ccc(O)cc2)c1C. The lowest BCUT2D eigenvalue weighted by Crippen LogP contribution is -2.05. The number of aromatic nitrogens is 1. The first-order valence-electron chi connectivity index (χ1n) is 7.21. The smallest absolute Gasteiger partial charge is 0.205 e. The molecule has 1 heterocycles. The van der Waals surface area contributed by atoms with Crippen LogP contribution < -0.4 is 0 Å². The molecular weight excluding hydrogens is 288 g/mol. The fourth-order valence-electron chi connectivity index (χ4n) is 2.47. The molecule has 2 rings (SSSR count). The number of carbonyl (C=O) groups excluding carboxylic acids is 1. The van der Waals surface area contributed by atoms with Crippen molar-refractivity contribution in [3.05, 3.63) is 71.1 Å². The number of phenols is 1. The van der Waals surface area contributed by atoms with Crippen LogP contribution in [-0.2, 0) is 6.54 Å². The molecule has 0 aliphatic heterocycles. The predicted molar refractivity (Wildman–Crippen MR) is 90.1 cm³/mol. The van der Waals surface area contributed by atoms with Crippen LogP contribution >= 0.6 is 0 Å². The van der Waals surface area contributed by atoms with Crippen LogP contribution in [0.4, 0.5) is 0 Å². The second-order valence-corrected chi connectivity index (χ2v) is 5.27. The minimum absolute atomic E-state index is 0.0644. The van der Waals surface area contributed by atoms with Gasteiger partial charge in [0, 0.05) is 23.5 Å². The van der Waals surface area contributed by atoms with Gasteiger partial charge in [0.2, 0.25) is 5.78 Å². The zero-order valence-corrected chi connectivity index (χ0v) is 13.2. The van der Waals surface area contributed by atoms with Crippen LogP contribution in [0.2, 0.25) is 0 Å². The number of nitriles is 1. The van der Waals surface area contributed by atoms with Crippen molar-refractivity contribution >= 4 is 11.9 Å². The number of aryl methyl sites for hydroxylation is 1. The predicted octanol–water partition coefficient (Wildman–Crippen LogP) is 3.79. The van der Waals surface area contributed by atoms with Crippen molar-refractivity contribution in [2.75, 3.05) is 0 Å². The number of nitrogens with zero attached hydrogens (tertiary/aromatic N) is 2. The number of rotatable bonds is 5. The van der Waals surface area contributed by atoms with Gasteiger partial charge < -0.3 is 9.67 Å². The van der Waals surface area contributed by atoms with E-state index in [9.17, 15) is 15.2 Å². The van der Waals surface area contributed by atoms with E-state index < -0.39 is 0 Å². The fraction of sp³-hybridized carbons (Fsp3) is 0.158. The van der Waals surface area contributed by atoms with Gasteiger partial charge in [-0.25, -0.2) is 0 Å². The van der Waals surface area contributed by atoms with Crippen LogP contribution in [-0.4, -0.2) is 15.5 Å². The highest BCUT2D eigenvalue weighted by Gasteiger charge is 2.18. The molecule has 116 valence electrons. The highest BCUT2D eigenvalue weighted by atomic mass is 16.3. The Hall–Kier alpha value is -3.06. The van der Waals surface area contributed by atoms with Crippen LogP contribution in [0.25, 0.3) is 6.08 Å². The van der Waals surface area contributed by atoms with Gasteiger partial charge in [0.05, 0.1) is 0 Å². The molecule has 4 nitrogen and oxygen atoms in total. The van der Waals surface area contributed by atoms with E-state index in [1.165, 1.54) is 18.2 Å². The molecule has 0 fully saturated rings. The molecule has 0 amide bonds. The number of benzene rings is 1. The summed E-state index contributed by atoms with van der Waals surface area (Å²) in [6.45, 7) is 8.12. The number of allylic oxidation sites excluding steroid dienone is 2. The van der Waals surface area contributed by atoms with E-state index in [1.807, 2.05) is 24.5 Å². The van der Waals surface area contributed by atoms with Crippen molar-refractivity contribution in [2.45, 2.75) is 20.4 Å². The van der Waals surface area contributed by atoms with Gasteiger partial charge in [-0.3, -0.25) is 4.79 Å². The molecule has 0 saturated heterocycles. The normalized spacial score (nSPS) is 11.1. The van der Waals surface area contributed by atoms with Gasteiger partial charge in [0.15, 0.2) is 0 Å². The maximum absolute atomic E-state index is 12.7. The van der Waals surface area contributed by atoms with Crippen LogP contribution in [0.5, 0.6) is 5.75 Å². The maximum Gasteiger partial charge on any atom is 0.205 e. The van der Waals surface area contributed by atoms with Gasteiger partial charge in [-0.2, -0.15) is 5.26 Å². The van der Waals surface area contributed by atoms with Crippen LogP contribution in [0, 0.1) is 25.2 Å². The minimum Gasteiger partial charge on any atom is -0.508 e. The number of phenolic OH excluding ortho intramolecular Hbond substituents is 1. The van der Waals surface area contributed by atoms with Crippen molar-refractivity contribution in [2.24, 2.45) is 0 Å². The summed E-state index contributed by atoms with van der Waals surface area (Å²) in [7, 11) is 0. The topological polar surface area (TPSA) is 66.0 Å². The number of hydrogen-bond acceptors (Lipinski definition) is 3. The quantitative estimate of drug-likeness (QED) is 0.395. The molecule has 0 unspecified atom stereocenters. The average molecular weight is 306 g/mol. The lowest BCUT2D eigenvalue weighted by molar-refractivity contribution is 0.103. The van der Waals surface area contributed by atoms with Gasteiger partial charge in [0.25, 0.3) is 0 Å². The van der Waals surface area contributed by atoms with Gasteiger partial charge in [-0.1, -0.05) is 18.2 Å². The molecule has 0 spiro atoms. The lowest BCUT2D eigenvalue weighted by atomic mass is 10.0. The molecule has 0 bridgehead atoms. The van der Waals surface area contributed by atoms with E-state index in [0.29, 0.717) is 17.7 Å². The van der Waals surface area contributed by atoms with Crippen molar-refractivity contribution in [3.8, 4) is 11.8 Å². The molecule has 23 heavy (non-hydrogen) atoms. The number of carbonyl (C=O) groups is 1. The zero-order chi connectivity index (χ0) is 17.0. The standard InChI is InChI=1S/C19H18N2O2/c1-4-9-21-13(2)10-18(14(21)3)19(23)16(12-20)11-15-5-7-17(22)8-6-15/h4-8,10-11,22H,1,9H2,2-3H3/b16-11+. The first-order valence-corrected chi connectivity index (χ1v) is 7.21. The highest BCUT2D eigenvalue weighted by molar-refractivity contribution is 6.14. The Morgan fingerprint density at radius 3 is 2.57 bits per heavy atom. The minimum atomic E-state index is -0.302. The fourth-order valence-corrected chi connectivity index (χ4v) is 2.47. The van der Waals surface area contributed by atoms with E-state index in [1.54, 1.807) is 24.3 Å². The summed E-state index contributed by atoms with van der Waals surface area (Å²) in [4.78, 5) is 12.7. The van der Waals surface area contributed by atoms with Crippen molar-refractivity contribution in [3.63, 3.8) is 0 Å². The number of ketones is 1. The number of Topliss-reactive ketones (excluding diaryl/α,β-unsaturated/α-hetero) is 1. The highest BCUT2D eigenvalue weighted by Crippen LogP contribution is 2.20. The second kappa shape index (κ2) is 6.80. The van der Waals surface area contributed by atoms with Gasteiger partial charge in [-0.15, -0.1) is 6.58 Å². The summed E-state index contributed by atoms with van der Waals surface area (Å²) in [5, 5.41) is 18.6. The van der Waals surface area contributed by atoms with Crippen LogP contribution in [0.1, 0.15) is 27.3 Å². The zero-order valence-electron chi connectivity index (χ0n) is 13.2. The molecule has 0 aliphatic rings. The molecule has 1 aromatic carbocycles. The van der Waals surface area contributed by atoms with Crippen molar-refractivity contribution in [1.82, 2.24) is 4.57 Å². The molecule has 0 atom stereocenters. The third-order valence-corrected chi connectivity index (χ3v) is 3.70. The van der Waals surface area contributed by atoms with E-state index in [2.05, 4.69) is 6.58 Å². The summed E-state index contributed by atoms with van der Waals surface area (Å²) in [5.41, 5.74) is 3.05. The van der Waals surface area contributed by atoms with Crippen molar-refractivity contribution in [1.29, 1.82) is 5.26 Å². The van der Waals surface area contributed by atoms with Gasteiger partial charge in [-0.05, 0) is 43.7 Å². The Labute approximate surface area is 135 Å². The van der Waals surface area contributed by atoms with Gasteiger partial charge in [0.1, 0.15) is 17.4 Å². The van der Waals surface area contributed by atoms with E-state index in [-0.39, 0.29) is 17.1 Å². The van der Waals surface area contributed by atoms with Crippen LogP contribution in [0.3, 0.4) is 0 Å². The first kappa shape index (κ1) is 16.3. The van der Waals surface area contributed by atoms with E-state index >= 15 is 0 Å². The Morgan fingerprint density at radius 2 is 2.00 bits per heavy atom. The Balaban J connectivity index is 2.41. The second-order valence-electron chi connectivity index (χ2n) is 5.27. The molecule has 0 aliphatic carbocycles. The van der Waals surface area contributed by atoms with E-state index in [4.69, 9.17) is 0 Å². The number of aromatic hydroxyl groups is 1. The maximum atomic E-state index is 12.7. The average Bonchev–Trinajstić information content (AvgIpc) is 2.82. The summed E-state index contributed by atoms with van der Waals surface area (Å²) in [6, 6.07) is 10.1. The van der Waals surface area contributed by atoms with Crippen molar-refractivity contribution < 1.29 is 9.90 Å². The summed E-state index contributed by atoms with van der Waals surface area (Å²) in [6.07, 6.45) is 3.30. The van der Waals surface area contributed by atoms with Crippen LogP contribution in [0.15, 0.2) is 48.6 Å². The summed E-state index contributed by atoms with van der Waals surface area (Å²) >= 11 is 0. The lowest BCUT2D eigenvalue weighted by Gasteiger charge is -2.06. The Bertz CT molecular complexity index is 818. The summed E-state index contributed by atoms with van der Waals surface area (Å²) < 4.78 is 1.98. The molecular formula is C19H18N2O2. The third-order valence-electron chi connectivity index (χ3n) is 3.70. The van der Waals surface area contributed by atoms with Gasteiger partial charge >= 0.3 is 0 Å². The molecule has 0 radical (unpaired) electrons. The Morgan fingerprint density at radius 1 is 1.35 bits per heavy atom. The van der Waals surface area contributed by atoms with E-state index in [0.717, 1.165) is 11.4 Å². The third kappa shape index (κ3) is 3.41. The molecule has 4 heteroatoms. The Kier molecular flexibility index (Phi) is 4.82. The molecule has 1 N–H and O–H groups in total. The summed E-state index contributed by atoms with van der Waals surface area (Å²) in [5.74, 6) is -0.163. The molecule has 0 saturated carbocycles. The first-order chi connectivity index (χ1) is 11.0. The number of hydrogen-bond donors (Lipinski definition) is 1. The largest absolute Gasteiger partial charge is 0.508 e. The molecule has 2 aromatic rings. The molecule has 1 aromatic heterocycles. The monoisotopic (exact) mass is 306 g/mol.